The zero-order valence-electron chi connectivity index (χ0n) is 8.80. The lowest BCUT2D eigenvalue weighted by atomic mass is 9.77. The Labute approximate surface area is 76.2 Å². The Morgan fingerprint density at radius 2 is 1.83 bits per heavy atom. The molecule has 0 spiro atoms. The Morgan fingerprint density at radius 1 is 1.33 bits per heavy atom. The Hall–Kier alpha value is -0.0800. The number of aliphatic hydroxyl groups is 1. The van der Waals surface area contributed by atoms with Gasteiger partial charge in [-0.1, -0.05) is 34.1 Å². The molecule has 0 radical (unpaired) electrons. The highest BCUT2D eigenvalue weighted by Gasteiger charge is 2.32. The molecule has 2 nitrogen and oxygen atoms in total. The van der Waals surface area contributed by atoms with E-state index in [1.54, 1.807) is 0 Å². The van der Waals surface area contributed by atoms with E-state index in [1.807, 2.05) is 6.92 Å². The molecule has 0 bridgehead atoms. The van der Waals surface area contributed by atoms with Crippen LogP contribution in [0.2, 0.25) is 0 Å². The van der Waals surface area contributed by atoms with Crippen LogP contribution >= 0.6 is 0 Å². The van der Waals surface area contributed by atoms with Crippen molar-refractivity contribution < 1.29 is 5.11 Å². The first-order chi connectivity index (χ1) is 5.51. The van der Waals surface area contributed by atoms with Crippen LogP contribution in [0.3, 0.4) is 0 Å². The minimum atomic E-state index is -0.657. The zero-order chi connectivity index (χ0) is 9.78. The molecule has 0 aromatic rings. The third-order valence-electron chi connectivity index (χ3n) is 3.31. The molecular formula is C10H23NO. The first-order valence-electron chi connectivity index (χ1n) is 4.94. The summed E-state index contributed by atoms with van der Waals surface area (Å²) in [5.74, 6) is 0.830. The van der Waals surface area contributed by atoms with Crippen LogP contribution in [0.25, 0.3) is 0 Å². The van der Waals surface area contributed by atoms with Gasteiger partial charge >= 0.3 is 0 Å². The fourth-order valence-electron chi connectivity index (χ4n) is 1.54. The van der Waals surface area contributed by atoms with Gasteiger partial charge in [0, 0.05) is 6.54 Å². The van der Waals surface area contributed by atoms with Gasteiger partial charge in [0.1, 0.15) is 0 Å². The second-order valence-electron chi connectivity index (χ2n) is 3.84. The van der Waals surface area contributed by atoms with Gasteiger partial charge in [0.05, 0.1) is 5.60 Å². The maximum absolute atomic E-state index is 10.1. The Morgan fingerprint density at radius 3 is 2.08 bits per heavy atom. The molecule has 0 rings (SSSR count). The molecule has 3 N–H and O–H groups in total. The van der Waals surface area contributed by atoms with Crippen molar-refractivity contribution in [2.45, 2.75) is 46.1 Å². The van der Waals surface area contributed by atoms with Crippen LogP contribution in [0, 0.1) is 11.8 Å². The quantitative estimate of drug-likeness (QED) is 0.665. The van der Waals surface area contributed by atoms with Crippen LogP contribution in [0.4, 0.5) is 0 Å². The minimum Gasteiger partial charge on any atom is -0.388 e. The standard InChI is InChI=1S/C10H23NO/c1-5-8(3)9(4)10(12,6-2)7-11/h8-9,12H,5-7,11H2,1-4H3. The van der Waals surface area contributed by atoms with Crippen molar-refractivity contribution in [3.63, 3.8) is 0 Å². The van der Waals surface area contributed by atoms with Crippen molar-refractivity contribution in [3.8, 4) is 0 Å². The van der Waals surface area contributed by atoms with Gasteiger partial charge in [-0.2, -0.15) is 0 Å². The van der Waals surface area contributed by atoms with E-state index in [9.17, 15) is 5.11 Å². The SMILES string of the molecule is CCC(C)C(C)C(O)(CC)CN. The van der Waals surface area contributed by atoms with Gasteiger partial charge in [0.25, 0.3) is 0 Å². The largest absolute Gasteiger partial charge is 0.388 e. The van der Waals surface area contributed by atoms with Crippen LogP contribution in [-0.2, 0) is 0 Å². The van der Waals surface area contributed by atoms with E-state index in [4.69, 9.17) is 5.73 Å². The molecule has 0 amide bonds. The number of nitrogens with two attached hydrogens (primary N) is 1. The second-order valence-corrected chi connectivity index (χ2v) is 3.84. The van der Waals surface area contributed by atoms with Crippen LogP contribution in [0.5, 0.6) is 0 Å². The van der Waals surface area contributed by atoms with Gasteiger partial charge in [0.2, 0.25) is 0 Å². The molecule has 12 heavy (non-hydrogen) atoms. The topological polar surface area (TPSA) is 46.2 Å². The van der Waals surface area contributed by atoms with Crippen LogP contribution < -0.4 is 5.73 Å². The molecule has 74 valence electrons. The summed E-state index contributed by atoms with van der Waals surface area (Å²) >= 11 is 0. The zero-order valence-corrected chi connectivity index (χ0v) is 8.80. The highest BCUT2D eigenvalue weighted by Crippen LogP contribution is 2.28. The van der Waals surface area contributed by atoms with E-state index in [-0.39, 0.29) is 5.92 Å². The van der Waals surface area contributed by atoms with Crippen LogP contribution in [0.1, 0.15) is 40.5 Å². The lowest BCUT2D eigenvalue weighted by molar-refractivity contribution is -0.0279. The van der Waals surface area contributed by atoms with Gasteiger partial charge in [-0.05, 0) is 18.3 Å². The average molecular weight is 173 g/mol. The number of hydrogen-bond acceptors (Lipinski definition) is 2. The summed E-state index contributed by atoms with van der Waals surface area (Å²) in [6, 6.07) is 0. The fraction of sp³-hybridized carbons (Fsp3) is 1.00. The van der Waals surface area contributed by atoms with Crippen LogP contribution in [0.15, 0.2) is 0 Å². The lowest BCUT2D eigenvalue weighted by Crippen LogP contribution is -2.45. The Bertz CT molecular complexity index is 121. The van der Waals surface area contributed by atoms with Crippen molar-refractivity contribution in [2.75, 3.05) is 6.54 Å². The molecule has 0 aliphatic carbocycles. The molecule has 3 atom stereocenters. The van der Waals surface area contributed by atoms with Gasteiger partial charge in [-0.3, -0.25) is 0 Å². The predicted molar refractivity (Wildman–Crippen MR) is 52.9 cm³/mol. The molecular weight excluding hydrogens is 150 g/mol. The van der Waals surface area contributed by atoms with E-state index >= 15 is 0 Å². The van der Waals surface area contributed by atoms with E-state index < -0.39 is 5.60 Å². The molecule has 0 fully saturated rings. The van der Waals surface area contributed by atoms with E-state index in [1.165, 1.54) is 0 Å². The Balaban J connectivity index is 4.29. The second kappa shape index (κ2) is 4.83. The summed E-state index contributed by atoms with van der Waals surface area (Å²) in [6.45, 7) is 8.76. The molecule has 0 aromatic carbocycles. The number of rotatable bonds is 5. The average Bonchev–Trinajstić information content (AvgIpc) is 2.14. The monoisotopic (exact) mass is 173 g/mol. The molecule has 3 unspecified atom stereocenters. The van der Waals surface area contributed by atoms with Crippen molar-refractivity contribution in [1.29, 1.82) is 0 Å². The normalized spacial score (nSPS) is 21.5. The van der Waals surface area contributed by atoms with Gasteiger partial charge in [0.15, 0.2) is 0 Å². The van der Waals surface area contributed by atoms with Gasteiger partial charge in [-0.25, -0.2) is 0 Å². The van der Waals surface area contributed by atoms with Crippen molar-refractivity contribution >= 4 is 0 Å². The maximum atomic E-state index is 10.1. The Kier molecular flexibility index (Phi) is 4.80. The minimum absolute atomic E-state index is 0.289. The highest BCUT2D eigenvalue weighted by molar-refractivity contribution is 4.85. The highest BCUT2D eigenvalue weighted by atomic mass is 16.3. The third kappa shape index (κ3) is 2.46. The van der Waals surface area contributed by atoms with E-state index in [0.717, 1.165) is 12.8 Å². The van der Waals surface area contributed by atoms with Gasteiger partial charge < -0.3 is 10.8 Å². The maximum Gasteiger partial charge on any atom is 0.0794 e. The smallest absolute Gasteiger partial charge is 0.0794 e. The summed E-state index contributed by atoms with van der Waals surface area (Å²) in [7, 11) is 0. The first-order valence-corrected chi connectivity index (χ1v) is 4.94. The molecule has 0 aliphatic rings. The summed E-state index contributed by atoms with van der Waals surface area (Å²) in [5.41, 5.74) is 4.90. The fourth-order valence-corrected chi connectivity index (χ4v) is 1.54. The first kappa shape index (κ1) is 11.9. The third-order valence-corrected chi connectivity index (χ3v) is 3.31. The summed E-state index contributed by atoms with van der Waals surface area (Å²) in [5, 5.41) is 10.1. The van der Waals surface area contributed by atoms with Gasteiger partial charge in [-0.15, -0.1) is 0 Å². The lowest BCUT2D eigenvalue weighted by Gasteiger charge is -2.35. The molecule has 0 heterocycles. The number of hydrogen-bond donors (Lipinski definition) is 2. The van der Waals surface area contributed by atoms with Crippen molar-refractivity contribution in [1.82, 2.24) is 0 Å². The van der Waals surface area contributed by atoms with E-state index in [0.29, 0.717) is 12.5 Å². The molecule has 0 aliphatic heterocycles. The van der Waals surface area contributed by atoms with Crippen molar-refractivity contribution in [3.05, 3.63) is 0 Å². The van der Waals surface area contributed by atoms with E-state index in [2.05, 4.69) is 20.8 Å². The summed E-state index contributed by atoms with van der Waals surface area (Å²) in [4.78, 5) is 0. The summed E-state index contributed by atoms with van der Waals surface area (Å²) in [6.07, 6.45) is 1.85. The molecule has 0 saturated carbocycles. The molecule has 0 saturated heterocycles. The van der Waals surface area contributed by atoms with Crippen molar-refractivity contribution in [2.24, 2.45) is 17.6 Å². The predicted octanol–water partition coefficient (Wildman–Crippen LogP) is 1.77. The molecule has 0 aromatic heterocycles. The molecule has 2 heteroatoms. The van der Waals surface area contributed by atoms with Crippen LogP contribution in [-0.4, -0.2) is 17.3 Å². The summed E-state index contributed by atoms with van der Waals surface area (Å²) < 4.78 is 0.